The van der Waals surface area contributed by atoms with E-state index in [1.54, 1.807) is 18.2 Å². The summed E-state index contributed by atoms with van der Waals surface area (Å²) in [4.78, 5) is 11.6. The molecule has 90 valence electrons. The molecule has 5 heteroatoms. The fourth-order valence-corrected chi connectivity index (χ4v) is 1.74. The molecule has 0 aliphatic carbocycles. The third-order valence-electron chi connectivity index (χ3n) is 2.61. The first-order valence-electron chi connectivity index (χ1n) is 5.57. The van der Waals surface area contributed by atoms with Gasteiger partial charge in [0, 0.05) is 5.69 Å². The van der Waals surface area contributed by atoms with Crippen molar-refractivity contribution in [3.8, 4) is 0 Å². The van der Waals surface area contributed by atoms with Crippen LogP contribution in [-0.4, -0.2) is 15.0 Å². The Balaban J connectivity index is 1.98. The minimum Gasteiger partial charge on any atom is -0.323 e. The van der Waals surface area contributed by atoms with Crippen LogP contribution < -0.4 is 5.32 Å². The van der Waals surface area contributed by atoms with Gasteiger partial charge in [-0.2, -0.15) is 4.98 Å². The van der Waals surface area contributed by atoms with E-state index >= 15 is 0 Å². The van der Waals surface area contributed by atoms with Gasteiger partial charge in [-0.1, -0.05) is 12.1 Å². The molecule has 2 N–H and O–H groups in total. The van der Waals surface area contributed by atoms with Crippen LogP contribution in [0.15, 0.2) is 36.4 Å². The average molecular weight is 242 g/mol. The lowest BCUT2D eigenvalue weighted by atomic mass is 10.3. The first kappa shape index (κ1) is 10.7. The molecule has 2 aromatic heterocycles. The van der Waals surface area contributed by atoms with Gasteiger partial charge >= 0.3 is 0 Å². The molecule has 0 unspecified atom stereocenters. The maximum absolute atomic E-state index is 13.5. The van der Waals surface area contributed by atoms with Crippen LogP contribution in [-0.2, 0) is 0 Å². The zero-order chi connectivity index (χ0) is 12.5. The molecule has 0 saturated heterocycles. The second-order valence-electron chi connectivity index (χ2n) is 4.01. The van der Waals surface area contributed by atoms with Crippen LogP contribution in [0.25, 0.3) is 11.2 Å². The monoisotopic (exact) mass is 242 g/mol. The Morgan fingerprint density at radius 3 is 2.78 bits per heavy atom. The summed E-state index contributed by atoms with van der Waals surface area (Å²) in [6.07, 6.45) is 0. The van der Waals surface area contributed by atoms with E-state index in [1.807, 2.05) is 19.1 Å². The van der Waals surface area contributed by atoms with Crippen molar-refractivity contribution in [2.75, 3.05) is 5.32 Å². The van der Waals surface area contributed by atoms with Crippen LogP contribution in [0.1, 0.15) is 5.69 Å². The molecule has 0 amide bonds. The maximum atomic E-state index is 13.5. The highest BCUT2D eigenvalue weighted by molar-refractivity contribution is 5.74. The number of pyridine rings is 1. The number of fused-ring (bicyclic) bond motifs is 1. The van der Waals surface area contributed by atoms with E-state index in [-0.39, 0.29) is 5.82 Å². The highest BCUT2D eigenvalue weighted by Gasteiger charge is 2.06. The number of aromatic amines is 1. The standard InChI is InChI=1S/C13H11FN4/c1-8-6-7-11-12(15-8)18-13(17-11)16-10-5-3-2-4-9(10)14/h2-7H,1H3,(H2,15,16,17,18). The number of aryl methyl sites for hydroxylation is 1. The molecule has 2 heterocycles. The Morgan fingerprint density at radius 1 is 1.11 bits per heavy atom. The van der Waals surface area contributed by atoms with Gasteiger partial charge in [0.05, 0.1) is 11.2 Å². The van der Waals surface area contributed by atoms with E-state index in [0.29, 0.717) is 17.3 Å². The summed E-state index contributed by atoms with van der Waals surface area (Å²) in [6.45, 7) is 1.90. The first-order valence-corrected chi connectivity index (χ1v) is 5.57. The summed E-state index contributed by atoms with van der Waals surface area (Å²) in [6, 6.07) is 10.2. The number of H-pyrrole nitrogens is 1. The smallest absolute Gasteiger partial charge is 0.207 e. The van der Waals surface area contributed by atoms with Gasteiger partial charge in [-0.3, -0.25) is 0 Å². The van der Waals surface area contributed by atoms with Gasteiger partial charge in [0.2, 0.25) is 5.95 Å². The number of anilines is 2. The van der Waals surface area contributed by atoms with E-state index in [0.717, 1.165) is 11.2 Å². The van der Waals surface area contributed by atoms with Crippen LogP contribution in [0.2, 0.25) is 0 Å². The Kier molecular flexibility index (Phi) is 2.44. The number of rotatable bonds is 2. The quantitative estimate of drug-likeness (QED) is 0.725. The van der Waals surface area contributed by atoms with Crippen molar-refractivity contribution >= 4 is 22.8 Å². The van der Waals surface area contributed by atoms with Gasteiger partial charge in [-0.25, -0.2) is 9.37 Å². The molecule has 0 fully saturated rings. The fourth-order valence-electron chi connectivity index (χ4n) is 1.74. The molecule has 18 heavy (non-hydrogen) atoms. The Labute approximate surface area is 103 Å². The van der Waals surface area contributed by atoms with Gasteiger partial charge in [0.1, 0.15) is 5.82 Å². The number of aromatic nitrogens is 3. The summed E-state index contributed by atoms with van der Waals surface area (Å²) in [5.41, 5.74) is 2.72. The molecule has 0 radical (unpaired) electrons. The predicted octanol–water partition coefficient (Wildman–Crippen LogP) is 3.15. The van der Waals surface area contributed by atoms with Crippen molar-refractivity contribution in [3.63, 3.8) is 0 Å². The van der Waals surface area contributed by atoms with Crippen molar-refractivity contribution in [1.82, 2.24) is 15.0 Å². The molecule has 0 atom stereocenters. The number of halogens is 1. The largest absolute Gasteiger partial charge is 0.323 e. The summed E-state index contributed by atoms with van der Waals surface area (Å²) in [5, 5.41) is 2.90. The highest BCUT2D eigenvalue weighted by Crippen LogP contribution is 2.19. The molecular formula is C13H11FN4. The molecule has 0 aliphatic rings. The van der Waals surface area contributed by atoms with Crippen molar-refractivity contribution < 1.29 is 4.39 Å². The van der Waals surface area contributed by atoms with Crippen molar-refractivity contribution in [2.45, 2.75) is 6.92 Å². The molecule has 1 aromatic carbocycles. The minimum absolute atomic E-state index is 0.318. The molecule has 3 rings (SSSR count). The van der Waals surface area contributed by atoms with Crippen molar-refractivity contribution in [3.05, 3.63) is 47.9 Å². The Morgan fingerprint density at radius 2 is 1.94 bits per heavy atom. The molecule has 4 nitrogen and oxygen atoms in total. The molecule has 3 aromatic rings. The molecule has 0 saturated carbocycles. The fraction of sp³-hybridized carbons (Fsp3) is 0.0769. The number of nitrogens with one attached hydrogen (secondary N) is 2. The highest BCUT2D eigenvalue weighted by atomic mass is 19.1. The lowest BCUT2D eigenvalue weighted by Gasteiger charge is -2.02. The molecular weight excluding hydrogens is 231 g/mol. The van der Waals surface area contributed by atoms with Crippen LogP contribution in [0.4, 0.5) is 16.0 Å². The van der Waals surface area contributed by atoms with Crippen LogP contribution in [0.5, 0.6) is 0 Å². The lowest BCUT2D eigenvalue weighted by Crippen LogP contribution is -1.94. The van der Waals surface area contributed by atoms with Gasteiger partial charge in [0.15, 0.2) is 5.65 Å². The van der Waals surface area contributed by atoms with E-state index < -0.39 is 0 Å². The number of para-hydroxylation sites is 1. The number of nitrogens with zero attached hydrogens (tertiary/aromatic N) is 2. The number of imidazole rings is 1. The number of hydrogen-bond acceptors (Lipinski definition) is 3. The van der Waals surface area contributed by atoms with Gasteiger partial charge in [-0.05, 0) is 31.2 Å². The van der Waals surface area contributed by atoms with Crippen molar-refractivity contribution in [2.24, 2.45) is 0 Å². The minimum atomic E-state index is -0.318. The SMILES string of the molecule is Cc1ccc2[nH]c(Nc3ccccc3F)nc2n1. The summed E-state index contributed by atoms with van der Waals surface area (Å²) in [5.74, 6) is 0.162. The average Bonchev–Trinajstić information content (AvgIpc) is 2.73. The lowest BCUT2D eigenvalue weighted by molar-refractivity contribution is 0.631. The summed E-state index contributed by atoms with van der Waals surface area (Å²) < 4.78 is 13.5. The van der Waals surface area contributed by atoms with Gasteiger partial charge in [-0.15, -0.1) is 0 Å². The Bertz CT molecular complexity index is 705. The van der Waals surface area contributed by atoms with Crippen LogP contribution >= 0.6 is 0 Å². The van der Waals surface area contributed by atoms with Crippen LogP contribution in [0.3, 0.4) is 0 Å². The predicted molar refractivity (Wildman–Crippen MR) is 68.3 cm³/mol. The van der Waals surface area contributed by atoms with E-state index in [1.165, 1.54) is 6.07 Å². The molecule has 0 spiro atoms. The normalized spacial score (nSPS) is 10.8. The van der Waals surface area contributed by atoms with E-state index in [4.69, 9.17) is 0 Å². The van der Waals surface area contributed by atoms with E-state index in [9.17, 15) is 4.39 Å². The summed E-state index contributed by atoms with van der Waals surface area (Å²) in [7, 11) is 0. The molecule has 0 bridgehead atoms. The van der Waals surface area contributed by atoms with E-state index in [2.05, 4.69) is 20.3 Å². The van der Waals surface area contributed by atoms with Gasteiger partial charge in [0.25, 0.3) is 0 Å². The third-order valence-corrected chi connectivity index (χ3v) is 2.61. The zero-order valence-corrected chi connectivity index (χ0v) is 9.74. The number of hydrogen-bond donors (Lipinski definition) is 2. The second-order valence-corrected chi connectivity index (χ2v) is 4.01. The Hall–Kier alpha value is -2.43. The summed E-state index contributed by atoms with van der Waals surface area (Å²) >= 11 is 0. The molecule has 0 aliphatic heterocycles. The van der Waals surface area contributed by atoms with Crippen molar-refractivity contribution in [1.29, 1.82) is 0 Å². The van der Waals surface area contributed by atoms with Crippen LogP contribution in [0, 0.1) is 12.7 Å². The number of benzene rings is 1. The third kappa shape index (κ3) is 1.90. The second kappa shape index (κ2) is 4.10. The van der Waals surface area contributed by atoms with Gasteiger partial charge < -0.3 is 10.3 Å². The maximum Gasteiger partial charge on any atom is 0.207 e. The first-order chi connectivity index (χ1) is 8.72. The topological polar surface area (TPSA) is 53.6 Å². The zero-order valence-electron chi connectivity index (χ0n) is 9.74.